The van der Waals surface area contributed by atoms with Crippen LogP contribution in [0.25, 0.3) is 27.7 Å². The summed E-state index contributed by atoms with van der Waals surface area (Å²) >= 11 is 6.74. The van der Waals surface area contributed by atoms with Gasteiger partial charge >= 0.3 is 0 Å². The Morgan fingerprint density at radius 3 is 2.51 bits per heavy atom. The van der Waals surface area contributed by atoms with Crippen molar-refractivity contribution in [3.8, 4) is 16.8 Å². The van der Waals surface area contributed by atoms with Gasteiger partial charge in [0, 0.05) is 41.3 Å². The first-order valence-electron chi connectivity index (χ1n) is 11.8. The molecule has 2 aromatic carbocycles. The monoisotopic (exact) mass is 516 g/mol. The Hall–Kier alpha value is -3.88. The van der Waals surface area contributed by atoms with E-state index in [1.807, 2.05) is 44.3 Å². The maximum Gasteiger partial charge on any atom is 0.159 e. The first-order chi connectivity index (χ1) is 17.6. The van der Waals surface area contributed by atoms with Gasteiger partial charge in [-0.3, -0.25) is 4.98 Å². The Balaban J connectivity index is 1.55. The molecule has 5 aromatic rings. The molecule has 0 radical (unpaired) electrons. The fourth-order valence-corrected chi connectivity index (χ4v) is 4.40. The molecule has 3 heterocycles. The van der Waals surface area contributed by atoms with Gasteiger partial charge in [0.25, 0.3) is 0 Å². The van der Waals surface area contributed by atoms with Crippen LogP contribution in [0.3, 0.4) is 0 Å². The van der Waals surface area contributed by atoms with Gasteiger partial charge in [-0.1, -0.05) is 17.7 Å². The Labute approximate surface area is 219 Å². The van der Waals surface area contributed by atoms with Crippen molar-refractivity contribution in [3.05, 3.63) is 95.2 Å². The molecule has 0 fully saturated rings. The number of aryl methyl sites for hydroxylation is 1. The second-order valence-corrected chi connectivity index (χ2v) is 9.87. The first kappa shape index (κ1) is 24.8. The quantitative estimate of drug-likeness (QED) is 0.272. The third-order valence-electron chi connectivity index (χ3n) is 6.20. The zero-order valence-electron chi connectivity index (χ0n) is 20.9. The van der Waals surface area contributed by atoms with Gasteiger partial charge in [-0.15, -0.1) is 0 Å². The van der Waals surface area contributed by atoms with E-state index in [1.165, 1.54) is 6.07 Å². The van der Waals surface area contributed by atoms with E-state index in [0.29, 0.717) is 27.8 Å². The molecule has 7 nitrogen and oxygen atoms in total. The minimum absolute atomic E-state index is 0.327. The Kier molecular flexibility index (Phi) is 6.39. The highest BCUT2D eigenvalue weighted by molar-refractivity contribution is 6.35. The van der Waals surface area contributed by atoms with Crippen LogP contribution in [-0.2, 0) is 5.60 Å². The van der Waals surface area contributed by atoms with Crippen LogP contribution in [0.15, 0.2) is 67.3 Å². The number of anilines is 1. The van der Waals surface area contributed by atoms with E-state index in [2.05, 4.69) is 25.4 Å². The van der Waals surface area contributed by atoms with Crippen LogP contribution in [-0.4, -0.2) is 29.8 Å². The molecule has 0 unspecified atom stereocenters. The van der Waals surface area contributed by atoms with Crippen molar-refractivity contribution >= 4 is 28.2 Å². The summed E-state index contributed by atoms with van der Waals surface area (Å²) in [7, 11) is 0. The predicted molar refractivity (Wildman–Crippen MR) is 143 cm³/mol. The minimum atomic E-state index is -1.13. The van der Waals surface area contributed by atoms with Crippen molar-refractivity contribution in [3.63, 3.8) is 0 Å². The molecule has 2 N–H and O–H groups in total. The molecule has 0 saturated heterocycles. The lowest BCUT2D eigenvalue weighted by atomic mass is 10.0. The van der Waals surface area contributed by atoms with E-state index in [0.717, 1.165) is 27.7 Å². The molecule has 1 atom stereocenters. The highest BCUT2D eigenvalue weighted by Gasteiger charge is 2.20. The third-order valence-corrected chi connectivity index (χ3v) is 6.66. The SMILES string of the molecule is Cc1nc2ccc(-c3cnc(C(C)(C)O)nc3)cc2c(N[C@H](C)c2cc(-n3cccn3)ccc2F)c1Cl. The number of aromatic nitrogens is 5. The molecule has 0 aliphatic heterocycles. The number of aliphatic hydroxyl groups is 1. The Morgan fingerprint density at radius 2 is 1.84 bits per heavy atom. The predicted octanol–water partition coefficient (Wildman–Crippen LogP) is 6.38. The van der Waals surface area contributed by atoms with Gasteiger partial charge in [0.2, 0.25) is 0 Å². The number of halogens is 2. The smallest absolute Gasteiger partial charge is 0.159 e. The number of fused-ring (bicyclic) bond motifs is 1. The highest BCUT2D eigenvalue weighted by Crippen LogP contribution is 2.37. The molecule has 5 rings (SSSR count). The second kappa shape index (κ2) is 9.53. The molecule has 3 aromatic heterocycles. The van der Waals surface area contributed by atoms with Crippen LogP contribution >= 0.6 is 11.6 Å². The van der Waals surface area contributed by atoms with E-state index in [-0.39, 0.29) is 5.82 Å². The molecule has 37 heavy (non-hydrogen) atoms. The average molecular weight is 517 g/mol. The lowest BCUT2D eigenvalue weighted by Crippen LogP contribution is -2.19. The lowest BCUT2D eigenvalue weighted by molar-refractivity contribution is 0.0687. The van der Waals surface area contributed by atoms with Gasteiger partial charge in [0.05, 0.1) is 33.6 Å². The fourth-order valence-electron chi connectivity index (χ4n) is 4.20. The lowest BCUT2D eigenvalue weighted by Gasteiger charge is -2.21. The van der Waals surface area contributed by atoms with E-state index in [1.54, 1.807) is 49.3 Å². The molecule has 0 spiro atoms. The Bertz CT molecular complexity index is 1580. The van der Waals surface area contributed by atoms with E-state index in [9.17, 15) is 9.50 Å². The first-order valence-corrected chi connectivity index (χ1v) is 12.2. The topological polar surface area (TPSA) is 88.8 Å². The summed E-state index contributed by atoms with van der Waals surface area (Å²) < 4.78 is 16.6. The van der Waals surface area contributed by atoms with Crippen LogP contribution in [0.5, 0.6) is 0 Å². The zero-order valence-corrected chi connectivity index (χ0v) is 21.6. The summed E-state index contributed by atoms with van der Waals surface area (Å²) in [5.74, 6) is 0.0137. The van der Waals surface area contributed by atoms with Gasteiger partial charge < -0.3 is 10.4 Å². The molecule has 0 aliphatic carbocycles. The van der Waals surface area contributed by atoms with Crippen LogP contribution in [0.4, 0.5) is 10.1 Å². The van der Waals surface area contributed by atoms with Gasteiger partial charge in [-0.2, -0.15) is 5.10 Å². The maximum atomic E-state index is 14.9. The fraction of sp³-hybridized carbons (Fsp3) is 0.214. The number of pyridine rings is 1. The molecule has 9 heteroatoms. The number of nitrogens with one attached hydrogen (secondary N) is 1. The van der Waals surface area contributed by atoms with E-state index >= 15 is 0 Å². The second-order valence-electron chi connectivity index (χ2n) is 9.49. The van der Waals surface area contributed by atoms with Crippen molar-refractivity contribution < 1.29 is 9.50 Å². The largest absolute Gasteiger partial charge is 0.382 e. The molecular formula is C28H26ClFN6O. The number of nitrogens with zero attached hydrogens (tertiary/aromatic N) is 5. The molecule has 188 valence electrons. The van der Waals surface area contributed by atoms with Crippen LogP contribution in [0.1, 0.15) is 43.9 Å². The number of hydrogen-bond acceptors (Lipinski definition) is 6. The number of hydrogen-bond donors (Lipinski definition) is 2. The zero-order chi connectivity index (χ0) is 26.3. The standard InChI is InChI=1S/C28H26ClFN6O/c1-16(21-13-20(7-8-23(21)30)36-11-5-10-33-36)35-26-22-12-18(6-9-24(22)34-17(2)25(26)29)19-14-31-27(32-15-19)28(3,4)37/h5-16,37H,1-4H3,(H,34,35)/t16-/m1/s1. The molecule has 0 bridgehead atoms. The van der Waals surface area contributed by atoms with Crippen molar-refractivity contribution in [1.29, 1.82) is 0 Å². The summed E-state index contributed by atoms with van der Waals surface area (Å²) in [6.45, 7) is 7.01. The van der Waals surface area contributed by atoms with Crippen LogP contribution in [0, 0.1) is 12.7 Å². The number of rotatable bonds is 6. The summed E-state index contributed by atoms with van der Waals surface area (Å²) in [6, 6.07) is 12.1. The van der Waals surface area contributed by atoms with E-state index < -0.39 is 11.6 Å². The average Bonchev–Trinajstić information content (AvgIpc) is 3.41. The van der Waals surface area contributed by atoms with Gasteiger partial charge in [-0.05, 0) is 69.7 Å². The minimum Gasteiger partial charge on any atom is -0.382 e. The summed E-state index contributed by atoms with van der Waals surface area (Å²) in [5.41, 5.74) is 3.83. The van der Waals surface area contributed by atoms with Gasteiger partial charge in [0.15, 0.2) is 5.82 Å². The highest BCUT2D eigenvalue weighted by atomic mass is 35.5. The van der Waals surface area contributed by atoms with Crippen molar-refractivity contribution in [1.82, 2.24) is 24.7 Å². The van der Waals surface area contributed by atoms with Crippen molar-refractivity contribution in [2.75, 3.05) is 5.32 Å². The molecule has 0 aliphatic rings. The molecule has 0 saturated carbocycles. The van der Waals surface area contributed by atoms with Gasteiger partial charge in [0.1, 0.15) is 11.4 Å². The third kappa shape index (κ3) is 4.90. The summed E-state index contributed by atoms with van der Waals surface area (Å²) in [5, 5.41) is 19.1. The van der Waals surface area contributed by atoms with Crippen LogP contribution < -0.4 is 5.32 Å². The normalized spacial score (nSPS) is 12.6. The molecule has 0 amide bonds. The summed E-state index contributed by atoms with van der Waals surface area (Å²) in [4.78, 5) is 13.3. The summed E-state index contributed by atoms with van der Waals surface area (Å²) in [6.07, 6.45) is 6.84. The molecular weight excluding hydrogens is 491 g/mol. The van der Waals surface area contributed by atoms with E-state index in [4.69, 9.17) is 11.6 Å². The Morgan fingerprint density at radius 1 is 1.08 bits per heavy atom. The van der Waals surface area contributed by atoms with Crippen molar-refractivity contribution in [2.24, 2.45) is 0 Å². The van der Waals surface area contributed by atoms with Crippen LogP contribution in [0.2, 0.25) is 5.02 Å². The number of benzene rings is 2. The van der Waals surface area contributed by atoms with Gasteiger partial charge in [-0.25, -0.2) is 19.0 Å². The maximum absolute atomic E-state index is 14.9. The van der Waals surface area contributed by atoms with Crippen molar-refractivity contribution in [2.45, 2.75) is 39.3 Å².